The molecule has 20 heavy (non-hydrogen) atoms. The molecular formula is C14H24N2O2S2. The molecule has 0 amide bonds. The molecule has 1 N–H and O–H groups in total. The molecule has 1 heterocycles. The van der Waals surface area contributed by atoms with Crippen molar-refractivity contribution >= 4 is 21.4 Å². The summed E-state index contributed by atoms with van der Waals surface area (Å²) in [6, 6.07) is 2.29. The van der Waals surface area contributed by atoms with Gasteiger partial charge in [-0.3, -0.25) is 0 Å². The molecule has 2 rings (SSSR count). The minimum atomic E-state index is -3.34. The Bertz CT molecular complexity index is 547. The van der Waals surface area contributed by atoms with Crippen molar-refractivity contribution < 1.29 is 8.42 Å². The van der Waals surface area contributed by atoms with E-state index in [9.17, 15) is 8.42 Å². The van der Waals surface area contributed by atoms with Crippen molar-refractivity contribution in [1.82, 2.24) is 9.62 Å². The summed E-state index contributed by atoms with van der Waals surface area (Å²) in [6.45, 7) is 6.88. The van der Waals surface area contributed by atoms with Crippen LogP contribution in [-0.4, -0.2) is 31.9 Å². The van der Waals surface area contributed by atoms with Gasteiger partial charge in [0, 0.05) is 35.9 Å². The molecule has 0 saturated heterocycles. The maximum atomic E-state index is 12.6. The zero-order valence-corrected chi connectivity index (χ0v) is 14.2. The number of thiophene rings is 1. The molecule has 1 aromatic rings. The Balaban J connectivity index is 2.09. The van der Waals surface area contributed by atoms with E-state index >= 15 is 0 Å². The first kappa shape index (κ1) is 15.9. The molecule has 0 spiro atoms. The Hall–Kier alpha value is -0.430. The van der Waals surface area contributed by atoms with E-state index in [1.54, 1.807) is 18.5 Å². The lowest BCUT2D eigenvalue weighted by atomic mass is 10.2. The van der Waals surface area contributed by atoms with Gasteiger partial charge in [-0.05, 0) is 31.7 Å². The van der Waals surface area contributed by atoms with Crippen molar-refractivity contribution in [1.29, 1.82) is 0 Å². The van der Waals surface area contributed by atoms with E-state index in [-0.39, 0.29) is 6.04 Å². The molecule has 1 aliphatic carbocycles. The van der Waals surface area contributed by atoms with Crippen LogP contribution in [0.25, 0.3) is 0 Å². The van der Waals surface area contributed by atoms with Gasteiger partial charge in [0.05, 0.1) is 4.90 Å². The normalized spacial score (nSPS) is 17.9. The van der Waals surface area contributed by atoms with E-state index in [2.05, 4.69) is 19.2 Å². The molecule has 1 aliphatic rings. The van der Waals surface area contributed by atoms with Crippen molar-refractivity contribution in [2.24, 2.45) is 5.92 Å². The van der Waals surface area contributed by atoms with Crippen LogP contribution < -0.4 is 5.32 Å². The van der Waals surface area contributed by atoms with Crippen molar-refractivity contribution in [2.45, 2.75) is 57.1 Å². The minimum Gasteiger partial charge on any atom is -0.310 e. The average Bonchev–Trinajstić information content (AvgIpc) is 3.12. The summed E-state index contributed by atoms with van der Waals surface area (Å²) in [5, 5.41) is 5.06. The van der Waals surface area contributed by atoms with Gasteiger partial charge in [-0.15, -0.1) is 11.3 Å². The molecule has 1 atom stereocenters. The van der Waals surface area contributed by atoms with Crippen LogP contribution >= 0.6 is 11.3 Å². The maximum absolute atomic E-state index is 12.6. The molecule has 0 aromatic carbocycles. The highest BCUT2D eigenvalue weighted by atomic mass is 32.2. The third-order valence-corrected chi connectivity index (χ3v) is 6.88. The topological polar surface area (TPSA) is 49.4 Å². The van der Waals surface area contributed by atoms with E-state index in [0.29, 0.717) is 16.9 Å². The Morgan fingerprint density at radius 1 is 1.40 bits per heavy atom. The molecule has 6 heteroatoms. The van der Waals surface area contributed by atoms with Gasteiger partial charge in [-0.1, -0.05) is 13.8 Å². The number of hydrogen-bond acceptors (Lipinski definition) is 4. The second-order valence-electron chi connectivity index (χ2n) is 5.88. The molecule has 4 nitrogen and oxygen atoms in total. The zero-order chi connectivity index (χ0) is 14.9. The SMILES string of the molecule is CC(C)NCc1cc(S(=O)(=O)N(C)C(C)C2CC2)cs1. The Morgan fingerprint density at radius 3 is 2.60 bits per heavy atom. The van der Waals surface area contributed by atoms with Crippen LogP contribution in [0, 0.1) is 5.92 Å². The van der Waals surface area contributed by atoms with E-state index < -0.39 is 10.0 Å². The summed E-state index contributed by atoms with van der Waals surface area (Å²) in [5.74, 6) is 0.537. The lowest BCUT2D eigenvalue weighted by Crippen LogP contribution is -2.36. The Labute approximate surface area is 126 Å². The summed E-state index contributed by atoms with van der Waals surface area (Å²) < 4.78 is 26.7. The monoisotopic (exact) mass is 316 g/mol. The first-order valence-electron chi connectivity index (χ1n) is 7.11. The van der Waals surface area contributed by atoms with Crippen LogP contribution in [0.4, 0.5) is 0 Å². The van der Waals surface area contributed by atoms with Gasteiger partial charge in [0.1, 0.15) is 0 Å². The Kier molecular flexibility index (Phi) is 4.89. The number of sulfonamides is 1. The van der Waals surface area contributed by atoms with Crippen LogP contribution in [-0.2, 0) is 16.6 Å². The molecule has 1 saturated carbocycles. The first-order valence-corrected chi connectivity index (χ1v) is 9.43. The van der Waals surface area contributed by atoms with E-state index in [0.717, 1.165) is 24.3 Å². The zero-order valence-electron chi connectivity index (χ0n) is 12.6. The highest BCUT2D eigenvalue weighted by Gasteiger charge is 2.36. The second-order valence-corrected chi connectivity index (χ2v) is 8.88. The summed E-state index contributed by atoms with van der Waals surface area (Å²) in [4.78, 5) is 1.49. The minimum absolute atomic E-state index is 0.0946. The number of nitrogens with zero attached hydrogens (tertiary/aromatic N) is 1. The maximum Gasteiger partial charge on any atom is 0.243 e. The van der Waals surface area contributed by atoms with Gasteiger partial charge in [-0.25, -0.2) is 8.42 Å². The van der Waals surface area contributed by atoms with Crippen molar-refractivity contribution in [3.8, 4) is 0 Å². The predicted molar refractivity (Wildman–Crippen MR) is 83.4 cm³/mol. The fourth-order valence-corrected chi connectivity index (χ4v) is 4.79. The molecule has 1 aromatic heterocycles. The molecule has 1 unspecified atom stereocenters. The largest absolute Gasteiger partial charge is 0.310 e. The first-order chi connectivity index (χ1) is 9.32. The lowest BCUT2D eigenvalue weighted by molar-refractivity contribution is 0.357. The third kappa shape index (κ3) is 3.61. The summed E-state index contributed by atoms with van der Waals surface area (Å²) in [7, 11) is -1.65. The molecule has 0 radical (unpaired) electrons. The number of rotatable bonds is 7. The highest BCUT2D eigenvalue weighted by Crippen LogP contribution is 2.36. The van der Waals surface area contributed by atoms with Gasteiger partial charge in [0.25, 0.3) is 0 Å². The number of hydrogen-bond donors (Lipinski definition) is 1. The molecule has 0 bridgehead atoms. The molecular weight excluding hydrogens is 292 g/mol. The quantitative estimate of drug-likeness (QED) is 0.841. The van der Waals surface area contributed by atoms with Crippen LogP contribution in [0.3, 0.4) is 0 Å². The standard InChI is InChI=1S/C14H24N2O2S2/c1-10(2)15-8-13-7-14(9-19-13)20(17,18)16(4)11(3)12-5-6-12/h7,9-12,15H,5-6,8H2,1-4H3. The number of nitrogens with one attached hydrogen (secondary N) is 1. The lowest BCUT2D eigenvalue weighted by Gasteiger charge is -2.23. The van der Waals surface area contributed by atoms with Gasteiger partial charge in [-0.2, -0.15) is 4.31 Å². The van der Waals surface area contributed by atoms with E-state index in [1.807, 2.05) is 6.92 Å². The fraction of sp³-hybridized carbons (Fsp3) is 0.714. The highest BCUT2D eigenvalue weighted by molar-refractivity contribution is 7.89. The Morgan fingerprint density at radius 2 is 2.05 bits per heavy atom. The van der Waals surface area contributed by atoms with E-state index in [4.69, 9.17) is 0 Å². The van der Waals surface area contributed by atoms with Gasteiger partial charge in [0.2, 0.25) is 10.0 Å². The van der Waals surface area contributed by atoms with Gasteiger partial charge >= 0.3 is 0 Å². The third-order valence-electron chi connectivity index (χ3n) is 3.87. The smallest absolute Gasteiger partial charge is 0.243 e. The van der Waals surface area contributed by atoms with E-state index in [1.165, 1.54) is 15.6 Å². The van der Waals surface area contributed by atoms with Crippen LogP contribution in [0.2, 0.25) is 0 Å². The van der Waals surface area contributed by atoms with Gasteiger partial charge < -0.3 is 5.32 Å². The predicted octanol–water partition coefficient (Wildman–Crippen LogP) is 2.67. The van der Waals surface area contributed by atoms with Crippen molar-refractivity contribution in [3.63, 3.8) is 0 Å². The summed E-state index contributed by atoms with van der Waals surface area (Å²) >= 11 is 1.50. The van der Waals surface area contributed by atoms with Crippen LogP contribution in [0.5, 0.6) is 0 Å². The average molecular weight is 316 g/mol. The molecule has 1 fully saturated rings. The second kappa shape index (κ2) is 6.13. The van der Waals surface area contributed by atoms with Gasteiger partial charge in [0.15, 0.2) is 0 Å². The van der Waals surface area contributed by atoms with Crippen molar-refractivity contribution in [2.75, 3.05) is 7.05 Å². The van der Waals surface area contributed by atoms with Crippen LogP contribution in [0.1, 0.15) is 38.5 Å². The van der Waals surface area contributed by atoms with Crippen molar-refractivity contribution in [3.05, 3.63) is 16.3 Å². The summed E-state index contributed by atoms with van der Waals surface area (Å²) in [5.41, 5.74) is 0. The van der Waals surface area contributed by atoms with Crippen LogP contribution in [0.15, 0.2) is 16.3 Å². The fourth-order valence-electron chi connectivity index (χ4n) is 2.15. The molecule has 0 aliphatic heterocycles. The molecule has 114 valence electrons. The summed E-state index contributed by atoms with van der Waals surface area (Å²) in [6.07, 6.45) is 2.29.